The Morgan fingerprint density at radius 3 is 2.50 bits per heavy atom. The lowest BCUT2D eigenvalue weighted by Gasteiger charge is -2.22. The standard InChI is InChI=1S/C9H21N2O2P/c1-4-9(13)10-7(3)8(12)5-6(2)11-14/h6-8,11-12H,4-5,14H2,1-3H3,(H,10,13). The summed E-state index contributed by atoms with van der Waals surface area (Å²) in [5.41, 5.74) is 0. The Labute approximate surface area is 88.1 Å². The van der Waals surface area contributed by atoms with E-state index in [9.17, 15) is 9.90 Å². The van der Waals surface area contributed by atoms with E-state index in [1.165, 1.54) is 0 Å². The SMILES string of the molecule is CCC(=O)NC(C)C(O)CC(C)NP. The van der Waals surface area contributed by atoms with Crippen LogP contribution in [0.25, 0.3) is 0 Å². The molecule has 0 radical (unpaired) electrons. The smallest absolute Gasteiger partial charge is 0.220 e. The summed E-state index contributed by atoms with van der Waals surface area (Å²) in [4.78, 5) is 11.0. The molecule has 0 aliphatic heterocycles. The van der Waals surface area contributed by atoms with Gasteiger partial charge in [-0.2, -0.15) is 0 Å². The van der Waals surface area contributed by atoms with E-state index in [1.54, 1.807) is 6.92 Å². The zero-order valence-corrected chi connectivity index (χ0v) is 10.2. The van der Waals surface area contributed by atoms with Gasteiger partial charge in [-0.25, -0.2) is 0 Å². The van der Waals surface area contributed by atoms with E-state index in [0.717, 1.165) is 0 Å². The van der Waals surface area contributed by atoms with Gasteiger partial charge in [0.15, 0.2) is 0 Å². The van der Waals surface area contributed by atoms with Crippen LogP contribution in [-0.4, -0.2) is 29.2 Å². The topological polar surface area (TPSA) is 61.4 Å². The lowest BCUT2D eigenvalue weighted by Crippen LogP contribution is -2.42. The van der Waals surface area contributed by atoms with Crippen LogP contribution in [0.4, 0.5) is 0 Å². The molecule has 0 aromatic heterocycles. The first kappa shape index (κ1) is 13.8. The summed E-state index contributed by atoms with van der Waals surface area (Å²) >= 11 is 0. The lowest BCUT2D eigenvalue weighted by atomic mass is 10.1. The van der Waals surface area contributed by atoms with Crippen LogP contribution in [0.15, 0.2) is 0 Å². The van der Waals surface area contributed by atoms with Gasteiger partial charge in [-0.1, -0.05) is 16.3 Å². The average molecular weight is 220 g/mol. The van der Waals surface area contributed by atoms with Crippen LogP contribution >= 0.6 is 9.39 Å². The number of amides is 1. The highest BCUT2D eigenvalue weighted by Crippen LogP contribution is 2.04. The minimum Gasteiger partial charge on any atom is -0.391 e. The summed E-state index contributed by atoms with van der Waals surface area (Å²) in [7, 11) is 2.41. The van der Waals surface area contributed by atoms with E-state index >= 15 is 0 Å². The highest BCUT2D eigenvalue weighted by Gasteiger charge is 2.17. The first-order valence-corrected chi connectivity index (χ1v) is 5.52. The molecular formula is C9H21N2O2P. The van der Waals surface area contributed by atoms with Gasteiger partial charge < -0.3 is 10.4 Å². The van der Waals surface area contributed by atoms with Crippen LogP contribution in [0, 0.1) is 0 Å². The Morgan fingerprint density at radius 2 is 2.07 bits per heavy atom. The minimum atomic E-state index is -0.506. The molecule has 14 heavy (non-hydrogen) atoms. The van der Waals surface area contributed by atoms with Gasteiger partial charge >= 0.3 is 0 Å². The monoisotopic (exact) mass is 220 g/mol. The summed E-state index contributed by atoms with van der Waals surface area (Å²) < 4.78 is 0. The van der Waals surface area contributed by atoms with Crippen LogP contribution in [0.2, 0.25) is 0 Å². The first-order valence-electron chi connectivity index (χ1n) is 4.94. The molecule has 0 saturated carbocycles. The molecule has 0 aromatic carbocycles. The van der Waals surface area contributed by atoms with E-state index in [4.69, 9.17) is 0 Å². The zero-order chi connectivity index (χ0) is 11.1. The molecule has 0 saturated heterocycles. The van der Waals surface area contributed by atoms with E-state index < -0.39 is 6.10 Å². The van der Waals surface area contributed by atoms with E-state index in [1.807, 2.05) is 13.8 Å². The number of aliphatic hydroxyl groups excluding tert-OH is 1. The summed E-state index contributed by atoms with van der Waals surface area (Å²) in [6.45, 7) is 5.58. The van der Waals surface area contributed by atoms with Crippen molar-refractivity contribution in [2.45, 2.75) is 51.8 Å². The van der Waals surface area contributed by atoms with Crippen LogP contribution < -0.4 is 10.4 Å². The number of carbonyl (C=O) groups excluding carboxylic acids is 1. The fourth-order valence-corrected chi connectivity index (χ4v) is 1.22. The Kier molecular flexibility index (Phi) is 7.06. The second kappa shape index (κ2) is 7.16. The molecule has 84 valence electrons. The molecule has 0 bridgehead atoms. The summed E-state index contributed by atoms with van der Waals surface area (Å²) in [5.74, 6) is -0.0250. The molecule has 0 aliphatic rings. The number of hydrogen-bond acceptors (Lipinski definition) is 3. The predicted molar refractivity (Wildman–Crippen MR) is 60.8 cm³/mol. The molecular weight excluding hydrogens is 199 g/mol. The fraction of sp³-hybridized carbons (Fsp3) is 0.889. The molecule has 0 fully saturated rings. The van der Waals surface area contributed by atoms with Crippen LogP contribution in [0.3, 0.4) is 0 Å². The number of hydrogen-bond donors (Lipinski definition) is 3. The van der Waals surface area contributed by atoms with Crippen molar-refractivity contribution in [3.63, 3.8) is 0 Å². The van der Waals surface area contributed by atoms with Crippen molar-refractivity contribution >= 4 is 15.3 Å². The van der Waals surface area contributed by atoms with Gasteiger partial charge in [0.2, 0.25) is 5.91 Å². The molecule has 4 atom stereocenters. The zero-order valence-electron chi connectivity index (χ0n) is 9.08. The third kappa shape index (κ3) is 5.53. The Balaban J connectivity index is 3.86. The van der Waals surface area contributed by atoms with Crippen molar-refractivity contribution in [3.8, 4) is 0 Å². The number of carbonyl (C=O) groups is 1. The molecule has 0 rings (SSSR count). The molecule has 0 spiro atoms. The highest BCUT2D eigenvalue weighted by atomic mass is 31.0. The lowest BCUT2D eigenvalue weighted by molar-refractivity contribution is -0.122. The fourth-order valence-electron chi connectivity index (χ4n) is 1.09. The minimum absolute atomic E-state index is 0.0250. The molecule has 5 heteroatoms. The third-order valence-corrected chi connectivity index (χ3v) is 2.74. The van der Waals surface area contributed by atoms with Crippen molar-refractivity contribution < 1.29 is 9.90 Å². The maximum atomic E-state index is 11.0. The maximum Gasteiger partial charge on any atom is 0.220 e. The van der Waals surface area contributed by atoms with Crippen LogP contribution in [0.5, 0.6) is 0 Å². The Hall–Kier alpha value is -0.180. The molecule has 3 N–H and O–H groups in total. The summed E-state index contributed by atoms with van der Waals surface area (Å²) in [6.07, 6.45) is 0.567. The van der Waals surface area contributed by atoms with Crippen molar-refractivity contribution in [2.75, 3.05) is 0 Å². The van der Waals surface area contributed by atoms with E-state index in [-0.39, 0.29) is 18.0 Å². The number of nitrogens with one attached hydrogen (secondary N) is 2. The van der Waals surface area contributed by atoms with Gasteiger partial charge in [0.1, 0.15) is 0 Å². The molecule has 4 nitrogen and oxygen atoms in total. The molecule has 0 aromatic rings. The summed E-state index contributed by atoms with van der Waals surface area (Å²) in [5, 5.41) is 15.4. The van der Waals surface area contributed by atoms with Gasteiger partial charge in [-0.15, -0.1) is 0 Å². The number of aliphatic hydroxyl groups is 1. The Bertz CT molecular complexity index is 178. The highest BCUT2D eigenvalue weighted by molar-refractivity contribution is 7.13. The van der Waals surface area contributed by atoms with Crippen molar-refractivity contribution in [3.05, 3.63) is 0 Å². The molecule has 4 unspecified atom stereocenters. The van der Waals surface area contributed by atoms with Crippen molar-refractivity contribution in [2.24, 2.45) is 0 Å². The van der Waals surface area contributed by atoms with Gasteiger partial charge in [-0.05, 0) is 20.3 Å². The van der Waals surface area contributed by atoms with Crippen molar-refractivity contribution in [1.29, 1.82) is 0 Å². The summed E-state index contributed by atoms with van der Waals surface area (Å²) in [6, 6.07) is 0.0271. The quantitative estimate of drug-likeness (QED) is 0.568. The van der Waals surface area contributed by atoms with Gasteiger partial charge in [0.25, 0.3) is 0 Å². The van der Waals surface area contributed by atoms with Gasteiger partial charge in [0.05, 0.1) is 12.1 Å². The largest absolute Gasteiger partial charge is 0.391 e. The molecule has 0 aliphatic carbocycles. The van der Waals surface area contributed by atoms with Crippen LogP contribution in [-0.2, 0) is 4.79 Å². The molecule has 0 heterocycles. The number of rotatable bonds is 6. The maximum absolute atomic E-state index is 11.0. The van der Waals surface area contributed by atoms with E-state index in [0.29, 0.717) is 12.8 Å². The third-order valence-electron chi connectivity index (χ3n) is 2.17. The van der Waals surface area contributed by atoms with Gasteiger partial charge in [-0.3, -0.25) is 9.88 Å². The van der Waals surface area contributed by atoms with E-state index in [2.05, 4.69) is 19.8 Å². The molecule has 1 amide bonds. The first-order chi connectivity index (χ1) is 6.51. The van der Waals surface area contributed by atoms with Crippen LogP contribution in [0.1, 0.15) is 33.6 Å². The Morgan fingerprint density at radius 1 is 1.50 bits per heavy atom. The second-order valence-electron chi connectivity index (χ2n) is 3.58. The van der Waals surface area contributed by atoms with Gasteiger partial charge in [0, 0.05) is 12.5 Å². The second-order valence-corrected chi connectivity index (χ2v) is 3.91. The normalized spacial score (nSPS) is 17.2. The average Bonchev–Trinajstić information content (AvgIpc) is 2.17. The van der Waals surface area contributed by atoms with Crippen molar-refractivity contribution in [1.82, 2.24) is 10.4 Å². The predicted octanol–water partition coefficient (Wildman–Crippen LogP) is 0.420.